The number of carbonyl (C=O) groups excluding carboxylic acids is 1. The first-order valence-electron chi connectivity index (χ1n) is 6.40. The molecule has 1 amide bonds. The van der Waals surface area contributed by atoms with Gasteiger partial charge < -0.3 is 11.1 Å². The minimum atomic E-state index is -2.19. The molecule has 1 fully saturated rings. The number of nitrogens with two attached hydrogens (primary N) is 1. The molecular weight excluding hydrogens is 295 g/mol. The van der Waals surface area contributed by atoms with Crippen LogP contribution in [0.25, 0.3) is 0 Å². The monoisotopic (exact) mass is 308 g/mol. The number of halogens is 5. The van der Waals surface area contributed by atoms with E-state index in [1.807, 2.05) is 0 Å². The van der Waals surface area contributed by atoms with Gasteiger partial charge in [-0.3, -0.25) is 4.79 Å². The minimum absolute atomic E-state index is 0.320. The molecule has 0 saturated heterocycles. The van der Waals surface area contributed by atoms with Crippen LogP contribution in [0.3, 0.4) is 0 Å². The molecule has 0 aromatic heterocycles. The number of benzene rings is 1. The Labute approximate surface area is 117 Å². The normalized spacial score (nSPS) is 22.1. The van der Waals surface area contributed by atoms with Crippen molar-refractivity contribution in [3.63, 3.8) is 0 Å². The van der Waals surface area contributed by atoms with E-state index in [2.05, 4.69) is 5.32 Å². The van der Waals surface area contributed by atoms with Crippen molar-refractivity contribution in [1.82, 2.24) is 0 Å². The lowest BCUT2D eigenvalue weighted by Gasteiger charge is -2.28. The fraction of sp³-hybridized carbons (Fsp3) is 0.462. The van der Waals surface area contributed by atoms with Crippen molar-refractivity contribution in [1.29, 1.82) is 0 Å². The zero-order chi connectivity index (χ0) is 15.7. The van der Waals surface area contributed by atoms with E-state index in [0.29, 0.717) is 25.7 Å². The molecule has 1 aromatic rings. The molecule has 0 aliphatic heterocycles. The number of nitrogens with one attached hydrogen (secondary N) is 1. The predicted molar refractivity (Wildman–Crippen MR) is 64.8 cm³/mol. The summed E-state index contributed by atoms with van der Waals surface area (Å²) in [6.45, 7) is 0. The van der Waals surface area contributed by atoms with Crippen LogP contribution >= 0.6 is 0 Å². The van der Waals surface area contributed by atoms with Crippen molar-refractivity contribution in [2.24, 2.45) is 11.7 Å². The van der Waals surface area contributed by atoms with Gasteiger partial charge in [-0.05, 0) is 25.7 Å². The standard InChI is InChI=1S/C13H13F5N2O/c14-7-8(15)10(17)12(11(18)9(7)16)20-6-3-1-5(2-4-6)13(19)21/h5-6,20H,1-4H2,(H2,19,21). The van der Waals surface area contributed by atoms with Gasteiger partial charge in [-0.15, -0.1) is 0 Å². The van der Waals surface area contributed by atoms with Crippen molar-refractivity contribution in [3.8, 4) is 0 Å². The molecule has 0 heterocycles. The SMILES string of the molecule is NC(=O)C1CCC(Nc2c(F)c(F)c(F)c(F)c2F)CC1. The molecule has 8 heteroatoms. The third kappa shape index (κ3) is 2.93. The Morgan fingerprint density at radius 2 is 1.29 bits per heavy atom. The average molecular weight is 308 g/mol. The Morgan fingerprint density at radius 1 is 0.857 bits per heavy atom. The van der Waals surface area contributed by atoms with Crippen LogP contribution in [-0.2, 0) is 4.79 Å². The number of hydrogen-bond acceptors (Lipinski definition) is 2. The zero-order valence-electron chi connectivity index (χ0n) is 10.9. The van der Waals surface area contributed by atoms with E-state index >= 15 is 0 Å². The molecule has 3 N–H and O–H groups in total. The van der Waals surface area contributed by atoms with Gasteiger partial charge in [0.1, 0.15) is 5.69 Å². The topological polar surface area (TPSA) is 55.1 Å². The van der Waals surface area contributed by atoms with Crippen LogP contribution in [0, 0.1) is 35.0 Å². The Kier molecular flexibility index (Phi) is 4.34. The van der Waals surface area contributed by atoms with E-state index in [0.717, 1.165) is 0 Å². The Balaban J connectivity index is 2.16. The van der Waals surface area contributed by atoms with Crippen molar-refractivity contribution in [3.05, 3.63) is 29.1 Å². The summed E-state index contributed by atoms with van der Waals surface area (Å²) in [4.78, 5) is 11.0. The van der Waals surface area contributed by atoms with Gasteiger partial charge >= 0.3 is 0 Å². The molecule has 1 aromatic carbocycles. The first kappa shape index (κ1) is 15.5. The van der Waals surface area contributed by atoms with Crippen molar-refractivity contribution in [2.45, 2.75) is 31.7 Å². The molecule has 21 heavy (non-hydrogen) atoms. The highest BCUT2D eigenvalue weighted by Crippen LogP contribution is 2.31. The molecule has 2 rings (SSSR count). The van der Waals surface area contributed by atoms with Crippen LogP contribution < -0.4 is 11.1 Å². The first-order chi connectivity index (χ1) is 9.82. The highest BCUT2D eigenvalue weighted by molar-refractivity contribution is 5.76. The third-order valence-electron chi connectivity index (χ3n) is 3.69. The summed E-state index contributed by atoms with van der Waals surface area (Å²) in [6.07, 6.45) is 1.52. The lowest BCUT2D eigenvalue weighted by molar-refractivity contribution is -0.122. The highest BCUT2D eigenvalue weighted by Gasteiger charge is 2.29. The minimum Gasteiger partial charge on any atom is -0.377 e. The second-order valence-corrected chi connectivity index (χ2v) is 5.04. The van der Waals surface area contributed by atoms with Crippen LogP contribution in [0.2, 0.25) is 0 Å². The van der Waals surface area contributed by atoms with Crippen molar-refractivity contribution >= 4 is 11.6 Å². The lowest BCUT2D eigenvalue weighted by Crippen LogP contribution is -2.33. The maximum absolute atomic E-state index is 13.5. The molecular formula is C13H13F5N2O. The number of anilines is 1. The van der Waals surface area contributed by atoms with Crippen molar-refractivity contribution < 1.29 is 26.7 Å². The van der Waals surface area contributed by atoms with Crippen LogP contribution in [0.1, 0.15) is 25.7 Å². The first-order valence-corrected chi connectivity index (χ1v) is 6.40. The number of hydrogen-bond donors (Lipinski definition) is 2. The Bertz CT molecular complexity index is 541. The predicted octanol–water partition coefficient (Wildman–Crippen LogP) is 2.84. The quantitative estimate of drug-likeness (QED) is 0.512. The van der Waals surface area contributed by atoms with Crippen LogP contribution in [0.5, 0.6) is 0 Å². The Morgan fingerprint density at radius 3 is 1.71 bits per heavy atom. The van der Waals surface area contributed by atoms with Gasteiger partial charge in [0.15, 0.2) is 23.3 Å². The molecule has 116 valence electrons. The van der Waals surface area contributed by atoms with E-state index in [4.69, 9.17) is 5.73 Å². The van der Waals surface area contributed by atoms with E-state index in [1.165, 1.54) is 0 Å². The molecule has 3 nitrogen and oxygen atoms in total. The van der Waals surface area contributed by atoms with Gasteiger partial charge in [0, 0.05) is 12.0 Å². The maximum atomic E-state index is 13.5. The van der Waals surface area contributed by atoms with E-state index in [9.17, 15) is 26.7 Å². The van der Waals surface area contributed by atoms with Gasteiger partial charge in [-0.1, -0.05) is 0 Å². The molecule has 1 aliphatic carbocycles. The smallest absolute Gasteiger partial charge is 0.220 e. The van der Waals surface area contributed by atoms with Gasteiger partial charge in [-0.25, -0.2) is 22.0 Å². The summed E-state index contributed by atoms with van der Waals surface area (Å²) in [6, 6.07) is -0.478. The average Bonchev–Trinajstić information content (AvgIpc) is 2.48. The second-order valence-electron chi connectivity index (χ2n) is 5.04. The molecule has 0 spiro atoms. The summed E-state index contributed by atoms with van der Waals surface area (Å²) < 4.78 is 66.0. The van der Waals surface area contributed by atoms with E-state index in [-0.39, 0.29) is 5.92 Å². The lowest BCUT2D eigenvalue weighted by atomic mass is 9.85. The van der Waals surface area contributed by atoms with Gasteiger partial charge in [0.05, 0.1) is 0 Å². The summed E-state index contributed by atoms with van der Waals surface area (Å²) in [7, 11) is 0. The van der Waals surface area contributed by atoms with Gasteiger partial charge in [0.25, 0.3) is 0 Å². The van der Waals surface area contributed by atoms with E-state index in [1.54, 1.807) is 0 Å². The summed E-state index contributed by atoms with van der Waals surface area (Å²) >= 11 is 0. The largest absolute Gasteiger partial charge is 0.377 e. The number of carbonyl (C=O) groups is 1. The summed E-state index contributed by atoms with van der Waals surface area (Å²) in [5.41, 5.74) is 4.12. The fourth-order valence-electron chi connectivity index (χ4n) is 2.46. The highest BCUT2D eigenvalue weighted by atomic mass is 19.2. The molecule has 0 atom stereocenters. The Hall–Kier alpha value is -1.86. The van der Waals surface area contributed by atoms with E-state index < -0.39 is 46.7 Å². The summed E-state index contributed by atoms with van der Waals surface area (Å²) in [5.74, 6) is -10.7. The van der Waals surface area contributed by atoms with Gasteiger partial charge in [0.2, 0.25) is 11.7 Å². The number of amides is 1. The molecule has 0 radical (unpaired) electrons. The van der Waals surface area contributed by atoms with Crippen molar-refractivity contribution in [2.75, 3.05) is 5.32 Å². The zero-order valence-corrected chi connectivity index (χ0v) is 10.9. The molecule has 1 saturated carbocycles. The number of primary amides is 1. The van der Waals surface area contributed by atoms with Crippen LogP contribution in [-0.4, -0.2) is 11.9 Å². The second kappa shape index (κ2) is 5.87. The maximum Gasteiger partial charge on any atom is 0.220 e. The van der Waals surface area contributed by atoms with Crippen LogP contribution in [0.15, 0.2) is 0 Å². The molecule has 0 unspecified atom stereocenters. The van der Waals surface area contributed by atoms with Gasteiger partial charge in [-0.2, -0.15) is 0 Å². The summed E-state index contributed by atoms with van der Waals surface area (Å²) in [5, 5.41) is 2.34. The molecule has 0 bridgehead atoms. The fourth-order valence-corrected chi connectivity index (χ4v) is 2.46. The number of rotatable bonds is 3. The molecule has 1 aliphatic rings. The third-order valence-corrected chi connectivity index (χ3v) is 3.69. The van der Waals surface area contributed by atoms with Crippen LogP contribution in [0.4, 0.5) is 27.6 Å².